The number of nitrogens with zero attached hydrogens (tertiary/aromatic N) is 1. The largest absolute Gasteiger partial charge is 0.460 e. The summed E-state index contributed by atoms with van der Waals surface area (Å²) in [4.78, 5) is 12.9. The number of carbonyl (C=O) groups excluding carboxylic acids is 1. The van der Waals surface area contributed by atoms with Crippen molar-refractivity contribution in [2.45, 2.75) is 26.0 Å². The lowest BCUT2D eigenvalue weighted by Crippen LogP contribution is -2.35. The van der Waals surface area contributed by atoms with Crippen molar-refractivity contribution in [2.24, 2.45) is 0 Å². The second-order valence-electron chi connectivity index (χ2n) is 3.84. The minimum Gasteiger partial charge on any atom is -0.460 e. The van der Waals surface area contributed by atoms with Gasteiger partial charge in [0, 0.05) is 6.92 Å². The van der Waals surface area contributed by atoms with Crippen molar-refractivity contribution < 1.29 is 9.53 Å². The van der Waals surface area contributed by atoms with Crippen LogP contribution in [-0.4, -0.2) is 22.0 Å². The maximum absolute atomic E-state index is 11.4. The molecule has 0 radical (unpaired) electrons. The van der Waals surface area contributed by atoms with Crippen molar-refractivity contribution in [2.75, 3.05) is 0 Å². The van der Waals surface area contributed by atoms with E-state index in [-0.39, 0.29) is 23.2 Å². The summed E-state index contributed by atoms with van der Waals surface area (Å²) < 4.78 is 5.57. The fraction of sp³-hybridized carbons (Fsp3) is 0.333. The van der Waals surface area contributed by atoms with E-state index in [1.165, 1.54) is 11.8 Å². The summed E-state index contributed by atoms with van der Waals surface area (Å²) in [6.45, 7) is 3.44. The molecule has 1 aromatic rings. The van der Waals surface area contributed by atoms with Gasteiger partial charge in [0.25, 0.3) is 5.17 Å². The highest BCUT2D eigenvalue weighted by Crippen LogP contribution is 2.32. The number of thiocarbonyl (C=S) groups is 1. The Balaban J connectivity index is 2.27. The molecule has 2 rings (SSSR count). The lowest BCUT2D eigenvalue weighted by molar-refractivity contribution is -0.126. The number of hydrogen-bond donors (Lipinski definition) is 0. The summed E-state index contributed by atoms with van der Waals surface area (Å²) in [5.74, 6) is -0.0732. The van der Waals surface area contributed by atoms with Crippen molar-refractivity contribution in [1.29, 1.82) is 0 Å². The molecule has 2 atom stereocenters. The Morgan fingerprint density at radius 2 is 2.00 bits per heavy atom. The van der Waals surface area contributed by atoms with Gasteiger partial charge in [-0.2, -0.15) is 0 Å². The first-order valence-corrected chi connectivity index (χ1v) is 5.57. The van der Waals surface area contributed by atoms with Crippen molar-refractivity contribution in [3.05, 3.63) is 35.9 Å². The summed E-state index contributed by atoms with van der Waals surface area (Å²) in [7, 11) is 0. The van der Waals surface area contributed by atoms with Crippen molar-refractivity contribution in [3.63, 3.8) is 0 Å². The van der Waals surface area contributed by atoms with Gasteiger partial charge in [-0.05, 0) is 24.7 Å². The predicted molar refractivity (Wildman–Crippen MR) is 64.8 cm³/mol. The van der Waals surface area contributed by atoms with Crippen LogP contribution in [0, 0.1) is 0 Å². The van der Waals surface area contributed by atoms with Crippen LogP contribution in [0.1, 0.15) is 25.5 Å². The van der Waals surface area contributed by atoms with Crippen LogP contribution in [0.3, 0.4) is 0 Å². The molecule has 16 heavy (non-hydrogen) atoms. The van der Waals surface area contributed by atoms with E-state index in [2.05, 4.69) is 0 Å². The van der Waals surface area contributed by atoms with Gasteiger partial charge in [0.2, 0.25) is 5.91 Å². The quantitative estimate of drug-likeness (QED) is 0.699. The zero-order chi connectivity index (χ0) is 11.7. The highest BCUT2D eigenvalue weighted by atomic mass is 32.1. The molecule has 1 aromatic carbocycles. The van der Waals surface area contributed by atoms with E-state index in [0.717, 1.165) is 5.56 Å². The lowest BCUT2D eigenvalue weighted by atomic mass is 10.0. The molecule has 1 aliphatic heterocycles. The van der Waals surface area contributed by atoms with Gasteiger partial charge in [-0.3, -0.25) is 9.69 Å². The van der Waals surface area contributed by atoms with Gasteiger partial charge >= 0.3 is 0 Å². The fourth-order valence-electron chi connectivity index (χ4n) is 1.97. The van der Waals surface area contributed by atoms with Crippen LogP contribution in [0.2, 0.25) is 0 Å². The zero-order valence-electron chi connectivity index (χ0n) is 9.21. The maximum Gasteiger partial charge on any atom is 0.267 e. The molecule has 0 aromatic heterocycles. The van der Waals surface area contributed by atoms with Gasteiger partial charge in [0.15, 0.2) is 0 Å². The molecule has 0 saturated carbocycles. The van der Waals surface area contributed by atoms with Gasteiger partial charge in [0.1, 0.15) is 6.10 Å². The Kier molecular flexibility index (Phi) is 2.92. The van der Waals surface area contributed by atoms with Crippen LogP contribution >= 0.6 is 12.2 Å². The minimum absolute atomic E-state index is 0.0487. The Bertz CT molecular complexity index is 418. The monoisotopic (exact) mass is 235 g/mol. The summed E-state index contributed by atoms with van der Waals surface area (Å²) >= 11 is 5.05. The molecule has 1 saturated heterocycles. The van der Waals surface area contributed by atoms with Gasteiger partial charge < -0.3 is 4.74 Å². The molecule has 84 valence electrons. The van der Waals surface area contributed by atoms with Crippen LogP contribution < -0.4 is 0 Å². The van der Waals surface area contributed by atoms with E-state index in [1.54, 1.807) is 0 Å². The molecule has 0 N–H and O–H groups in total. The molecule has 4 heteroatoms. The molecule has 3 nitrogen and oxygen atoms in total. The molecule has 0 unspecified atom stereocenters. The Labute approximate surface area is 100 Å². The third kappa shape index (κ3) is 1.80. The third-order valence-corrected chi connectivity index (χ3v) is 3.03. The normalized spacial score (nSPS) is 24.4. The van der Waals surface area contributed by atoms with Crippen LogP contribution in [-0.2, 0) is 9.53 Å². The molecule has 1 heterocycles. The highest BCUT2D eigenvalue weighted by Gasteiger charge is 2.39. The first-order valence-electron chi connectivity index (χ1n) is 5.16. The van der Waals surface area contributed by atoms with Crippen LogP contribution in [0.4, 0.5) is 0 Å². The fourth-order valence-corrected chi connectivity index (χ4v) is 2.37. The SMILES string of the molecule is CC(=O)N1C(=S)O[C@@H](c2ccccc2)[C@H]1C. The van der Waals surface area contributed by atoms with Crippen LogP contribution in [0.15, 0.2) is 30.3 Å². The zero-order valence-corrected chi connectivity index (χ0v) is 10.0. The van der Waals surface area contributed by atoms with E-state index < -0.39 is 0 Å². The van der Waals surface area contributed by atoms with Gasteiger partial charge in [-0.15, -0.1) is 0 Å². The molecule has 0 aliphatic carbocycles. The van der Waals surface area contributed by atoms with E-state index in [0.29, 0.717) is 0 Å². The Morgan fingerprint density at radius 3 is 2.50 bits per heavy atom. The lowest BCUT2D eigenvalue weighted by Gasteiger charge is -2.18. The van der Waals surface area contributed by atoms with Gasteiger partial charge in [-0.25, -0.2) is 0 Å². The Morgan fingerprint density at radius 1 is 1.38 bits per heavy atom. The second-order valence-corrected chi connectivity index (χ2v) is 4.19. The first-order chi connectivity index (χ1) is 7.61. The van der Waals surface area contributed by atoms with Crippen molar-refractivity contribution in [1.82, 2.24) is 4.90 Å². The molecular weight excluding hydrogens is 222 g/mol. The summed E-state index contributed by atoms with van der Waals surface area (Å²) in [5.41, 5.74) is 1.04. The molecular formula is C12H13NO2S. The van der Waals surface area contributed by atoms with E-state index in [9.17, 15) is 4.79 Å². The summed E-state index contributed by atoms with van der Waals surface area (Å²) in [5, 5.41) is 0.272. The third-order valence-electron chi connectivity index (χ3n) is 2.74. The number of ether oxygens (including phenoxy) is 1. The molecule has 1 fully saturated rings. The first kappa shape index (κ1) is 11.1. The second kappa shape index (κ2) is 4.22. The number of benzene rings is 1. The Hall–Kier alpha value is -1.42. The smallest absolute Gasteiger partial charge is 0.267 e. The number of carbonyl (C=O) groups is 1. The number of amides is 1. The highest BCUT2D eigenvalue weighted by molar-refractivity contribution is 7.80. The van der Waals surface area contributed by atoms with Gasteiger partial charge in [0.05, 0.1) is 6.04 Å². The minimum atomic E-state index is -0.155. The number of rotatable bonds is 1. The maximum atomic E-state index is 11.4. The molecule has 1 amide bonds. The van der Waals surface area contributed by atoms with Crippen molar-refractivity contribution >= 4 is 23.3 Å². The summed E-state index contributed by atoms with van der Waals surface area (Å²) in [6, 6.07) is 9.76. The van der Waals surface area contributed by atoms with Crippen LogP contribution in [0.5, 0.6) is 0 Å². The molecule has 0 bridgehead atoms. The average molecular weight is 235 g/mol. The summed E-state index contributed by atoms with van der Waals surface area (Å²) in [6.07, 6.45) is -0.155. The molecule has 1 aliphatic rings. The van der Waals surface area contributed by atoms with Gasteiger partial charge in [-0.1, -0.05) is 30.3 Å². The number of hydrogen-bond acceptors (Lipinski definition) is 3. The van der Waals surface area contributed by atoms with E-state index >= 15 is 0 Å². The predicted octanol–water partition coefficient (Wildman–Crippen LogP) is 2.28. The molecule has 0 spiro atoms. The van der Waals surface area contributed by atoms with E-state index in [1.807, 2.05) is 37.3 Å². The standard InChI is InChI=1S/C12H13NO2S/c1-8-11(10-6-4-3-5-7-10)15-12(16)13(8)9(2)14/h3-8,11H,1-2H3/t8-,11-/m1/s1. The van der Waals surface area contributed by atoms with Crippen molar-refractivity contribution in [3.8, 4) is 0 Å². The van der Waals surface area contributed by atoms with Crippen LogP contribution in [0.25, 0.3) is 0 Å². The topological polar surface area (TPSA) is 29.5 Å². The van der Waals surface area contributed by atoms with E-state index in [4.69, 9.17) is 17.0 Å². The average Bonchev–Trinajstić information content (AvgIpc) is 2.55.